The van der Waals surface area contributed by atoms with Crippen molar-refractivity contribution < 1.29 is 14.2 Å². The van der Waals surface area contributed by atoms with Crippen LogP contribution in [0.1, 0.15) is 5.56 Å². The van der Waals surface area contributed by atoms with E-state index in [1.807, 2.05) is 4.90 Å². The van der Waals surface area contributed by atoms with Crippen molar-refractivity contribution in [3.63, 3.8) is 0 Å². The second-order valence-corrected chi connectivity index (χ2v) is 4.22. The normalized spacial score (nSPS) is 21.6. The second-order valence-electron chi connectivity index (χ2n) is 4.22. The fraction of sp³-hybridized carbons (Fsp3) is 0.500. The summed E-state index contributed by atoms with van der Waals surface area (Å²) in [6.07, 6.45) is -0.184. The number of morpholine rings is 1. The molecule has 0 bridgehead atoms. The van der Waals surface area contributed by atoms with Crippen LogP contribution in [0.4, 0.5) is 10.1 Å². The summed E-state index contributed by atoms with van der Waals surface area (Å²) < 4.78 is 18.9. The monoisotopic (exact) mass is 240 g/mol. The van der Waals surface area contributed by atoms with E-state index >= 15 is 0 Å². The highest BCUT2D eigenvalue weighted by Gasteiger charge is 2.21. The van der Waals surface area contributed by atoms with Gasteiger partial charge in [0.1, 0.15) is 5.82 Å². The molecule has 0 amide bonds. The van der Waals surface area contributed by atoms with E-state index in [-0.39, 0.29) is 18.5 Å². The standard InChI is InChI=1S/C12H17FN2O2/c13-11-2-1-3-12(14)10(11)7-15-4-5-17-9(6-15)8-16/h1-3,9,16H,4-8,14H2. The Kier molecular flexibility index (Phi) is 3.93. The number of aliphatic hydroxyl groups is 1. The Hall–Kier alpha value is -1.17. The van der Waals surface area contributed by atoms with Crippen molar-refractivity contribution in [1.82, 2.24) is 4.90 Å². The van der Waals surface area contributed by atoms with Gasteiger partial charge in [-0.15, -0.1) is 0 Å². The summed E-state index contributed by atoms with van der Waals surface area (Å²) in [6, 6.07) is 4.71. The van der Waals surface area contributed by atoms with Gasteiger partial charge in [-0.25, -0.2) is 4.39 Å². The zero-order chi connectivity index (χ0) is 12.3. The maximum atomic E-state index is 13.6. The molecule has 1 aromatic rings. The van der Waals surface area contributed by atoms with Crippen molar-refractivity contribution in [3.8, 4) is 0 Å². The first-order valence-electron chi connectivity index (χ1n) is 5.68. The molecule has 1 atom stereocenters. The van der Waals surface area contributed by atoms with Crippen molar-refractivity contribution >= 4 is 5.69 Å². The molecule has 1 aliphatic rings. The number of rotatable bonds is 3. The van der Waals surface area contributed by atoms with Gasteiger partial charge in [0.15, 0.2) is 0 Å². The number of nitrogens with zero attached hydrogens (tertiary/aromatic N) is 1. The molecule has 1 aromatic carbocycles. The van der Waals surface area contributed by atoms with Gasteiger partial charge in [0.2, 0.25) is 0 Å². The maximum absolute atomic E-state index is 13.6. The Bertz CT molecular complexity index is 367. The molecule has 17 heavy (non-hydrogen) atoms. The molecule has 1 unspecified atom stereocenters. The number of nitrogen functional groups attached to an aromatic ring is 1. The Morgan fingerprint density at radius 3 is 3.06 bits per heavy atom. The van der Waals surface area contributed by atoms with Gasteiger partial charge in [-0.05, 0) is 12.1 Å². The second kappa shape index (κ2) is 5.44. The van der Waals surface area contributed by atoms with Gasteiger partial charge < -0.3 is 15.6 Å². The predicted molar refractivity (Wildman–Crippen MR) is 62.9 cm³/mol. The van der Waals surface area contributed by atoms with Crippen LogP contribution in [-0.2, 0) is 11.3 Å². The lowest BCUT2D eigenvalue weighted by Gasteiger charge is -2.32. The lowest BCUT2D eigenvalue weighted by molar-refractivity contribution is -0.0552. The summed E-state index contributed by atoms with van der Waals surface area (Å²) in [5.41, 5.74) is 6.75. The molecule has 5 heteroatoms. The minimum atomic E-state index is -0.281. The van der Waals surface area contributed by atoms with E-state index < -0.39 is 0 Å². The average molecular weight is 240 g/mol. The summed E-state index contributed by atoms with van der Waals surface area (Å²) >= 11 is 0. The molecular weight excluding hydrogens is 223 g/mol. The number of hydrogen-bond acceptors (Lipinski definition) is 4. The summed E-state index contributed by atoms with van der Waals surface area (Å²) in [4.78, 5) is 2.04. The van der Waals surface area contributed by atoms with Crippen LogP contribution in [0.25, 0.3) is 0 Å². The quantitative estimate of drug-likeness (QED) is 0.760. The number of halogens is 1. The van der Waals surface area contributed by atoms with E-state index in [4.69, 9.17) is 15.6 Å². The van der Waals surface area contributed by atoms with E-state index in [9.17, 15) is 4.39 Å². The summed E-state index contributed by atoms with van der Waals surface area (Å²) in [7, 11) is 0. The van der Waals surface area contributed by atoms with E-state index in [2.05, 4.69) is 0 Å². The third-order valence-electron chi connectivity index (χ3n) is 2.96. The molecule has 94 valence electrons. The van der Waals surface area contributed by atoms with Gasteiger partial charge in [-0.2, -0.15) is 0 Å². The third kappa shape index (κ3) is 2.94. The number of nitrogens with two attached hydrogens (primary N) is 1. The van der Waals surface area contributed by atoms with Crippen molar-refractivity contribution in [2.45, 2.75) is 12.6 Å². The lowest BCUT2D eigenvalue weighted by Crippen LogP contribution is -2.43. The van der Waals surface area contributed by atoms with Crippen LogP contribution in [-0.4, -0.2) is 42.4 Å². The molecule has 3 N–H and O–H groups in total. The molecule has 0 aromatic heterocycles. The predicted octanol–water partition coefficient (Wildman–Crippen LogP) is 0.601. The summed E-state index contributed by atoms with van der Waals surface area (Å²) in [5.74, 6) is -0.281. The molecule has 1 heterocycles. The van der Waals surface area contributed by atoms with Crippen LogP contribution in [0, 0.1) is 5.82 Å². The first-order valence-corrected chi connectivity index (χ1v) is 5.68. The first-order chi connectivity index (χ1) is 8.20. The first kappa shape index (κ1) is 12.3. The molecule has 0 radical (unpaired) electrons. The number of anilines is 1. The van der Waals surface area contributed by atoms with E-state index in [0.717, 1.165) is 6.54 Å². The summed E-state index contributed by atoms with van der Waals surface area (Å²) in [5, 5.41) is 9.03. The van der Waals surface area contributed by atoms with Gasteiger partial charge in [-0.1, -0.05) is 6.07 Å². The van der Waals surface area contributed by atoms with Crippen molar-refractivity contribution in [1.29, 1.82) is 0 Å². The van der Waals surface area contributed by atoms with Gasteiger partial charge >= 0.3 is 0 Å². The Labute approximate surface area is 99.8 Å². The molecule has 2 rings (SSSR count). The van der Waals surface area contributed by atoms with Crippen LogP contribution >= 0.6 is 0 Å². The van der Waals surface area contributed by atoms with Gasteiger partial charge in [0, 0.05) is 30.9 Å². The maximum Gasteiger partial charge on any atom is 0.129 e. The topological polar surface area (TPSA) is 58.7 Å². The highest BCUT2D eigenvalue weighted by Crippen LogP contribution is 2.19. The Morgan fingerprint density at radius 2 is 2.35 bits per heavy atom. The highest BCUT2D eigenvalue weighted by molar-refractivity contribution is 5.47. The SMILES string of the molecule is Nc1cccc(F)c1CN1CCOC(CO)C1. The molecule has 1 aliphatic heterocycles. The van der Waals surface area contributed by atoms with Crippen molar-refractivity contribution in [3.05, 3.63) is 29.6 Å². The molecular formula is C12H17FN2O2. The zero-order valence-electron chi connectivity index (χ0n) is 9.60. The fourth-order valence-corrected chi connectivity index (χ4v) is 2.00. The molecule has 1 fully saturated rings. The third-order valence-corrected chi connectivity index (χ3v) is 2.96. The molecule has 0 spiro atoms. The van der Waals surface area contributed by atoms with Crippen LogP contribution in [0.3, 0.4) is 0 Å². The van der Waals surface area contributed by atoms with Crippen LogP contribution in [0.2, 0.25) is 0 Å². The number of benzene rings is 1. The van der Waals surface area contributed by atoms with Gasteiger partial charge in [0.25, 0.3) is 0 Å². The minimum Gasteiger partial charge on any atom is -0.398 e. The zero-order valence-corrected chi connectivity index (χ0v) is 9.60. The minimum absolute atomic E-state index is 0.0107. The Morgan fingerprint density at radius 1 is 1.53 bits per heavy atom. The number of ether oxygens (including phenoxy) is 1. The highest BCUT2D eigenvalue weighted by atomic mass is 19.1. The van der Waals surface area contributed by atoms with Crippen molar-refractivity contribution in [2.75, 3.05) is 32.0 Å². The lowest BCUT2D eigenvalue weighted by atomic mass is 10.1. The van der Waals surface area contributed by atoms with Crippen molar-refractivity contribution in [2.24, 2.45) is 0 Å². The smallest absolute Gasteiger partial charge is 0.129 e. The number of aliphatic hydroxyl groups excluding tert-OH is 1. The molecule has 0 aliphatic carbocycles. The van der Waals surface area contributed by atoms with E-state index in [0.29, 0.717) is 30.9 Å². The summed E-state index contributed by atoms with van der Waals surface area (Å²) in [6.45, 7) is 2.33. The average Bonchev–Trinajstić information content (AvgIpc) is 2.34. The fourth-order valence-electron chi connectivity index (χ4n) is 2.00. The van der Waals surface area contributed by atoms with Gasteiger partial charge in [-0.3, -0.25) is 4.90 Å². The van der Waals surface area contributed by atoms with Crippen LogP contribution in [0.5, 0.6) is 0 Å². The molecule has 0 saturated carbocycles. The Balaban J connectivity index is 2.05. The van der Waals surface area contributed by atoms with E-state index in [1.54, 1.807) is 12.1 Å². The number of hydrogen-bond donors (Lipinski definition) is 2. The molecule has 4 nitrogen and oxygen atoms in total. The largest absolute Gasteiger partial charge is 0.398 e. The van der Waals surface area contributed by atoms with Gasteiger partial charge in [0.05, 0.1) is 19.3 Å². The van der Waals surface area contributed by atoms with Crippen LogP contribution in [0.15, 0.2) is 18.2 Å². The van der Waals surface area contributed by atoms with E-state index in [1.165, 1.54) is 6.07 Å². The molecule has 1 saturated heterocycles. The van der Waals surface area contributed by atoms with Crippen LogP contribution < -0.4 is 5.73 Å².